The lowest BCUT2D eigenvalue weighted by Gasteiger charge is -2.32. The van der Waals surface area contributed by atoms with Gasteiger partial charge in [0.25, 0.3) is 0 Å². The number of likely N-dealkylation sites (tertiary alicyclic amines) is 2. The van der Waals surface area contributed by atoms with Crippen LogP contribution in [0.2, 0.25) is 0 Å². The number of thiazole rings is 1. The molecule has 1 aromatic heterocycles. The topological polar surface area (TPSA) is 70.6 Å². The second-order valence-electron chi connectivity index (χ2n) is 6.89. The van der Waals surface area contributed by atoms with Gasteiger partial charge in [0.2, 0.25) is 17.7 Å². The van der Waals surface area contributed by atoms with Gasteiger partial charge in [0.15, 0.2) is 0 Å². The monoisotopic (exact) mass is 371 g/mol. The number of carbonyl (C=O) groups excluding carboxylic acids is 3. The summed E-state index contributed by atoms with van der Waals surface area (Å²) in [5.41, 5.74) is 1.02. The van der Waals surface area contributed by atoms with Crippen LogP contribution in [0, 0.1) is 0 Å². The second-order valence-corrected chi connectivity index (χ2v) is 7.95. The van der Waals surface area contributed by atoms with Crippen molar-refractivity contribution in [2.45, 2.75) is 38.0 Å². The van der Waals surface area contributed by atoms with Crippen molar-refractivity contribution in [3.63, 3.8) is 0 Å². The molecule has 0 bridgehead atoms. The van der Waals surface area contributed by atoms with E-state index in [0.29, 0.717) is 6.54 Å². The van der Waals surface area contributed by atoms with Crippen LogP contribution in [-0.2, 0) is 14.4 Å². The molecule has 6 nitrogen and oxygen atoms in total. The molecule has 0 unspecified atom stereocenters. The van der Waals surface area contributed by atoms with Crippen LogP contribution in [0.5, 0.6) is 0 Å². The number of piperidine rings is 1. The van der Waals surface area contributed by atoms with Crippen LogP contribution in [0.4, 0.5) is 0 Å². The van der Waals surface area contributed by atoms with Crippen molar-refractivity contribution in [2.24, 2.45) is 0 Å². The lowest BCUT2D eigenvalue weighted by atomic mass is 9.98. The number of rotatable bonds is 4. The number of imide groups is 1. The molecule has 7 heteroatoms. The van der Waals surface area contributed by atoms with E-state index >= 15 is 0 Å². The zero-order valence-electron chi connectivity index (χ0n) is 14.5. The molecule has 0 saturated carbocycles. The number of nitrogens with zero attached hydrogens (tertiary/aromatic N) is 3. The number of hydrogen-bond acceptors (Lipinski definition) is 5. The Kier molecular flexibility index (Phi) is 4.72. The van der Waals surface area contributed by atoms with Crippen molar-refractivity contribution in [3.05, 3.63) is 29.3 Å². The smallest absolute Gasteiger partial charge is 0.229 e. The first-order valence-corrected chi connectivity index (χ1v) is 9.90. The molecular formula is C19H21N3O3S. The minimum absolute atomic E-state index is 0.0170. The molecule has 3 heterocycles. The largest absolute Gasteiger partial charge is 0.342 e. The highest BCUT2D eigenvalue weighted by molar-refractivity contribution is 7.18. The molecule has 2 aromatic rings. The van der Waals surface area contributed by atoms with Gasteiger partial charge in [0.05, 0.1) is 15.2 Å². The number of aromatic nitrogens is 1. The molecule has 1 aromatic carbocycles. The molecule has 136 valence electrons. The molecule has 3 amide bonds. The standard InChI is InChI=1S/C19H21N3O3S/c23-16(9-11-22-17(24)7-8-18(22)25)21-10-3-4-13(12-21)19-20-14-5-1-2-6-15(14)26-19/h1-2,5-6,13H,3-4,7-12H2/t13-/m0/s1. The van der Waals surface area contributed by atoms with Gasteiger partial charge in [-0.2, -0.15) is 0 Å². The third-order valence-corrected chi connectivity index (χ3v) is 6.34. The molecule has 0 N–H and O–H groups in total. The Hall–Kier alpha value is -2.28. The highest BCUT2D eigenvalue weighted by atomic mass is 32.1. The Balaban J connectivity index is 1.39. The SMILES string of the molecule is O=C(CCN1C(=O)CCC1=O)N1CCC[C@H](c2nc3ccccc3s2)C1. The number of fused-ring (bicyclic) bond motifs is 1. The number of benzene rings is 1. The van der Waals surface area contributed by atoms with Gasteiger partial charge in [0.1, 0.15) is 0 Å². The maximum Gasteiger partial charge on any atom is 0.229 e. The van der Waals surface area contributed by atoms with E-state index in [9.17, 15) is 14.4 Å². The van der Waals surface area contributed by atoms with E-state index in [1.165, 1.54) is 9.60 Å². The summed E-state index contributed by atoms with van der Waals surface area (Å²) in [6.45, 7) is 1.61. The van der Waals surface area contributed by atoms with Gasteiger partial charge in [0, 0.05) is 44.8 Å². The first kappa shape index (κ1) is 17.1. The number of para-hydroxylation sites is 1. The molecule has 2 saturated heterocycles. The molecule has 1 atom stereocenters. The Morgan fingerprint density at radius 1 is 1.19 bits per heavy atom. The Morgan fingerprint density at radius 3 is 2.73 bits per heavy atom. The van der Waals surface area contributed by atoms with Gasteiger partial charge >= 0.3 is 0 Å². The van der Waals surface area contributed by atoms with Gasteiger partial charge in [-0.15, -0.1) is 11.3 Å². The first-order valence-electron chi connectivity index (χ1n) is 9.08. The quantitative estimate of drug-likeness (QED) is 0.775. The molecule has 26 heavy (non-hydrogen) atoms. The van der Waals surface area contributed by atoms with E-state index in [1.807, 2.05) is 23.1 Å². The van der Waals surface area contributed by atoms with Gasteiger partial charge in [-0.1, -0.05) is 12.1 Å². The predicted octanol–water partition coefficient (Wildman–Crippen LogP) is 2.54. The lowest BCUT2D eigenvalue weighted by molar-refractivity contribution is -0.139. The van der Waals surface area contributed by atoms with Crippen LogP contribution in [0.15, 0.2) is 24.3 Å². The molecule has 2 aliphatic rings. The van der Waals surface area contributed by atoms with Crippen molar-refractivity contribution >= 4 is 39.3 Å². The minimum Gasteiger partial charge on any atom is -0.342 e. The highest BCUT2D eigenvalue weighted by Crippen LogP contribution is 2.33. The average molecular weight is 371 g/mol. The summed E-state index contributed by atoms with van der Waals surface area (Å²) < 4.78 is 1.18. The van der Waals surface area contributed by atoms with E-state index in [1.54, 1.807) is 11.3 Å². The maximum absolute atomic E-state index is 12.6. The fraction of sp³-hybridized carbons (Fsp3) is 0.474. The third kappa shape index (κ3) is 3.35. The zero-order valence-corrected chi connectivity index (χ0v) is 15.3. The summed E-state index contributed by atoms with van der Waals surface area (Å²) >= 11 is 1.71. The van der Waals surface area contributed by atoms with E-state index in [4.69, 9.17) is 4.98 Å². The van der Waals surface area contributed by atoms with Crippen molar-refractivity contribution in [1.82, 2.24) is 14.8 Å². The molecule has 0 radical (unpaired) electrons. The molecule has 2 fully saturated rings. The van der Waals surface area contributed by atoms with E-state index in [2.05, 4.69) is 6.07 Å². The van der Waals surface area contributed by atoms with Crippen LogP contribution in [-0.4, -0.2) is 52.1 Å². The highest BCUT2D eigenvalue weighted by Gasteiger charge is 2.31. The van der Waals surface area contributed by atoms with Gasteiger partial charge in [-0.25, -0.2) is 4.98 Å². The Labute approximate surface area is 155 Å². The molecule has 0 aliphatic carbocycles. The van der Waals surface area contributed by atoms with E-state index < -0.39 is 0 Å². The van der Waals surface area contributed by atoms with Crippen LogP contribution >= 0.6 is 11.3 Å². The van der Waals surface area contributed by atoms with Crippen molar-refractivity contribution in [3.8, 4) is 0 Å². The number of amides is 3. The summed E-state index contributed by atoms with van der Waals surface area (Å²) in [4.78, 5) is 43.8. The van der Waals surface area contributed by atoms with Gasteiger partial charge in [-0.05, 0) is 25.0 Å². The number of carbonyl (C=O) groups is 3. The maximum atomic E-state index is 12.6. The van der Waals surface area contributed by atoms with Crippen molar-refractivity contribution in [1.29, 1.82) is 0 Å². The molecular weight excluding hydrogens is 350 g/mol. The molecule has 4 rings (SSSR count). The normalized spacial score (nSPS) is 21.0. The molecule has 2 aliphatic heterocycles. The summed E-state index contributed by atoms with van der Waals surface area (Å²) in [7, 11) is 0. The van der Waals surface area contributed by atoms with E-state index in [-0.39, 0.29) is 49.4 Å². The fourth-order valence-electron chi connectivity index (χ4n) is 3.71. The molecule has 0 spiro atoms. The van der Waals surface area contributed by atoms with Crippen LogP contribution in [0.1, 0.15) is 43.0 Å². The van der Waals surface area contributed by atoms with Crippen molar-refractivity contribution in [2.75, 3.05) is 19.6 Å². The Morgan fingerprint density at radius 2 is 1.96 bits per heavy atom. The van der Waals surface area contributed by atoms with Crippen molar-refractivity contribution < 1.29 is 14.4 Å². The number of hydrogen-bond donors (Lipinski definition) is 0. The summed E-state index contributed by atoms with van der Waals surface area (Å²) in [5, 5.41) is 1.09. The van der Waals surface area contributed by atoms with Crippen LogP contribution in [0.25, 0.3) is 10.2 Å². The van der Waals surface area contributed by atoms with E-state index in [0.717, 1.165) is 29.9 Å². The summed E-state index contributed by atoms with van der Waals surface area (Å²) in [5.74, 6) is -0.0361. The van der Waals surface area contributed by atoms with Crippen LogP contribution in [0.3, 0.4) is 0 Å². The average Bonchev–Trinajstić information content (AvgIpc) is 3.23. The fourth-order valence-corrected chi connectivity index (χ4v) is 4.80. The zero-order chi connectivity index (χ0) is 18.1. The first-order chi connectivity index (χ1) is 12.6. The lowest BCUT2D eigenvalue weighted by Crippen LogP contribution is -2.41. The second kappa shape index (κ2) is 7.15. The van der Waals surface area contributed by atoms with Gasteiger partial charge < -0.3 is 4.90 Å². The third-order valence-electron chi connectivity index (χ3n) is 5.14. The van der Waals surface area contributed by atoms with Gasteiger partial charge in [-0.3, -0.25) is 19.3 Å². The Bertz CT molecular complexity index is 814. The summed E-state index contributed by atoms with van der Waals surface area (Å²) in [6.07, 6.45) is 2.75. The summed E-state index contributed by atoms with van der Waals surface area (Å²) in [6, 6.07) is 8.10. The predicted molar refractivity (Wildman–Crippen MR) is 98.7 cm³/mol. The minimum atomic E-state index is -0.159. The van der Waals surface area contributed by atoms with Crippen LogP contribution < -0.4 is 0 Å².